The van der Waals surface area contributed by atoms with Crippen molar-refractivity contribution in [1.29, 1.82) is 0 Å². The number of rotatable bonds is 3. The van der Waals surface area contributed by atoms with Crippen molar-refractivity contribution in [2.45, 2.75) is 6.54 Å². The highest BCUT2D eigenvalue weighted by molar-refractivity contribution is 9.10. The molecule has 0 saturated heterocycles. The first-order valence-corrected chi connectivity index (χ1v) is 8.77. The van der Waals surface area contributed by atoms with Gasteiger partial charge in [-0.2, -0.15) is 5.10 Å². The lowest BCUT2D eigenvalue weighted by molar-refractivity contribution is 0.483. The Hall–Kier alpha value is -2.33. The molecule has 1 aromatic carbocycles. The van der Waals surface area contributed by atoms with Crippen molar-refractivity contribution in [3.63, 3.8) is 0 Å². The van der Waals surface area contributed by atoms with Crippen molar-refractivity contribution in [2.24, 2.45) is 7.05 Å². The average molecular weight is 466 g/mol. The summed E-state index contributed by atoms with van der Waals surface area (Å²) in [5, 5.41) is 12.6. The second-order valence-corrected chi connectivity index (χ2v) is 6.97. The van der Waals surface area contributed by atoms with Crippen LogP contribution in [0.5, 0.6) is 0 Å². The first-order valence-electron chi connectivity index (χ1n) is 7.19. The number of hydrogen-bond acceptors (Lipinski definition) is 6. The molecule has 0 radical (unpaired) electrons. The van der Waals surface area contributed by atoms with E-state index in [0.29, 0.717) is 27.4 Å². The minimum Gasteiger partial charge on any atom is -0.419 e. The molecule has 8 nitrogen and oxygen atoms in total. The Morgan fingerprint density at radius 1 is 1.16 bits per heavy atom. The Kier molecular flexibility index (Phi) is 4.00. The number of fused-ring (bicyclic) bond motifs is 1. The number of aromatic nitrogens is 6. The van der Waals surface area contributed by atoms with Gasteiger partial charge in [0.1, 0.15) is 22.9 Å². The second-order valence-electron chi connectivity index (χ2n) is 5.30. The molecule has 0 aliphatic heterocycles. The monoisotopic (exact) mass is 464 g/mol. The van der Waals surface area contributed by atoms with Crippen LogP contribution in [0, 0.1) is 0 Å². The zero-order chi connectivity index (χ0) is 17.6. The minimum atomic E-state index is -0.228. The summed E-state index contributed by atoms with van der Waals surface area (Å²) in [6.07, 6.45) is 1.45. The van der Waals surface area contributed by atoms with Crippen LogP contribution in [0.25, 0.3) is 22.5 Å². The third kappa shape index (κ3) is 2.91. The van der Waals surface area contributed by atoms with Gasteiger partial charge in [0, 0.05) is 17.1 Å². The van der Waals surface area contributed by atoms with Gasteiger partial charge in [0.15, 0.2) is 5.65 Å². The van der Waals surface area contributed by atoms with E-state index in [9.17, 15) is 4.79 Å². The lowest BCUT2D eigenvalue weighted by Gasteiger charge is -2.01. The zero-order valence-electron chi connectivity index (χ0n) is 12.8. The highest BCUT2D eigenvalue weighted by Crippen LogP contribution is 2.21. The number of hydrogen-bond donors (Lipinski definition) is 0. The maximum Gasteiger partial charge on any atom is 0.266 e. The van der Waals surface area contributed by atoms with Crippen LogP contribution in [0.15, 0.2) is 48.9 Å². The van der Waals surface area contributed by atoms with Crippen LogP contribution in [0.4, 0.5) is 0 Å². The predicted octanol–water partition coefficient (Wildman–Crippen LogP) is 2.75. The van der Waals surface area contributed by atoms with Gasteiger partial charge >= 0.3 is 0 Å². The summed E-state index contributed by atoms with van der Waals surface area (Å²) in [7, 11) is 1.73. The fourth-order valence-corrected chi connectivity index (χ4v) is 3.27. The fourth-order valence-electron chi connectivity index (χ4n) is 2.42. The van der Waals surface area contributed by atoms with Crippen LogP contribution in [-0.2, 0) is 13.6 Å². The highest BCUT2D eigenvalue weighted by Gasteiger charge is 2.15. The van der Waals surface area contributed by atoms with E-state index in [1.807, 2.05) is 24.3 Å². The van der Waals surface area contributed by atoms with Gasteiger partial charge in [-0.1, -0.05) is 15.9 Å². The molecule has 0 saturated carbocycles. The molecule has 0 bridgehead atoms. The van der Waals surface area contributed by atoms with Crippen molar-refractivity contribution in [1.82, 2.24) is 29.5 Å². The third-order valence-electron chi connectivity index (χ3n) is 3.63. The summed E-state index contributed by atoms with van der Waals surface area (Å²) in [4.78, 5) is 16.9. The molecule has 25 heavy (non-hydrogen) atoms. The molecule has 4 rings (SSSR count). The maximum atomic E-state index is 12.6. The van der Waals surface area contributed by atoms with Crippen LogP contribution in [-0.4, -0.2) is 29.5 Å². The van der Waals surface area contributed by atoms with Crippen LogP contribution in [0.1, 0.15) is 5.89 Å². The molecule has 3 heterocycles. The highest BCUT2D eigenvalue weighted by atomic mass is 79.9. The topological polar surface area (TPSA) is 91.6 Å². The van der Waals surface area contributed by atoms with Gasteiger partial charge < -0.3 is 4.42 Å². The number of nitrogens with zero attached hydrogens (tertiary/aromatic N) is 6. The Bertz CT molecular complexity index is 1130. The number of aryl methyl sites for hydroxylation is 1. The van der Waals surface area contributed by atoms with Crippen molar-refractivity contribution in [3.05, 3.63) is 55.9 Å². The molecule has 4 aromatic rings. The molecule has 0 atom stereocenters. The Morgan fingerprint density at radius 3 is 2.68 bits per heavy atom. The Labute approximate surface area is 157 Å². The molecule has 0 aliphatic rings. The Balaban J connectivity index is 1.68. The first kappa shape index (κ1) is 16.2. The molecular weight excluding hydrogens is 456 g/mol. The van der Waals surface area contributed by atoms with E-state index in [1.54, 1.807) is 11.7 Å². The maximum absolute atomic E-state index is 12.6. The number of halogens is 2. The average Bonchev–Trinajstić information content (AvgIpc) is 3.16. The molecule has 10 heteroatoms. The molecule has 0 fully saturated rings. The molecule has 0 unspecified atom stereocenters. The normalized spacial score (nSPS) is 11.3. The smallest absolute Gasteiger partial charge is 0.266 e. The van der Waals surface area contributed by atoms with Crippen LogP contribution in [0.2, 0.25) is 0 Å². The summed E-state index contributed by atoms with van der Waals surface area (Å²) in [6.45, 7) is 0.132. The molecule has 126 valence electrons. The molecule has 0 spiro atoms. The van der Waals surface area contributed by atoms with E-state index in [1.165, 1.54) is 10.9 Å². The van der Waals surface area contributed by atoms with E-state index >= 15 is 0 Å². The summed E-state index contributed by atoms with van der Waals surface area (Å²) < 4.78 is 10.0. The van der Waals surface area contributed by atoms with Crippen molar-refractivity contribution in [2.75, 3.05) is 0 Å². The fraction of sp³-hybridized carbons (Fsp3) is 0.133. The summed E-state index contributed by atoms with van der Waals surface area (Å²) >= 11 is 6.67. The minimum absolute atomic E-state index is 0.132. The van der Waals surface area contributed by atoms with Crippen molar-refractivity contribution >= 4 is 42.9 Å². The van der Waals surface area contributed by atoms with Gasteiger partial charge in [0.05, 0.1) is 0 Å². The van der Waals surface area contributed by atoms with E-state index < -0.39 is 0 Å². The molecule has 3 aromatic heterocycles. The predicted molar refractivity (Wildman–Crippen MR) is 97.0 cm³/mol. The van der Waals surface area contributed by atoms with Crippen LogP contribution < -0.4 is 5.56 Å². The van der Waals surface area contributed by atoms with Crippen molar-refractivity contribution in [3.8, 4) is 11.5 Å². The lowest BCUT2D eigenvalue weighted by Crippen LogP contribution is -2.21. The van der Waals surface area contributed by atoms with Crippen molar-refractivity contribution < 1.29 is 4.42 Å². The largest absolute Gasteiger partial charge is 0.419 e. The van der Waals surface area contributed by atoms with E-state index in [4.69, 9.17) is 4.42 Å². The van der Waals surface area contributed by atoms with E-state index in [-0.39, 0.29) is 12.1 Å². The van der Waals surface area contributed by atoms with Gasteiger partial charge in [0.25, 0.3) is 5.56 Å². The Morgan fingerprint density at radius 2 is 1.92 bits per heavy atom. The summed E-state index contributed by atoms with van der Waals surface area (Å²) in [5.74, 6) is 0.716. The second kappa shape index (κ2) is 6.19. The summed E-state index contributed by atoms with van der Waals surface area (Å²) in [5.41, 5.74) is 1.08. The SMILES string of the molecule is Cn1nc(Br)c2c(=O)n(Cc3nnc(-c4ccc(Br)cc4)o3)cnc21. The van der Waals surface area contributed by atoms with Crippen LogP contribution in [0.3, 0.4) is 0 Å². The van der Waals surface area contributed by atoms with Gasteiger partial charge in [-0.15, -0.1) is 10.2 Å². The van der Waals surface area contributed by atoms with E-state index in [0.717, 1.165) is 10.0 Å². The van der Waals surface area contributed by atoms with Gasteiger partial charge in [-0.05, 0) is 40.2 Å². The summed E-state index contributed by atoms with van der Waals surface area (Å²) in [6, 6.07) is 7.52. The quantitative estimate of drug-likeness (QED) is 0.462. The number of benzene rings is 1. The molecule has 0 amide bonds. The molecule has 0 aliphatic carbocycles. The van der Waals surface area contributed by atoms with Gasteiger partial charge in [-0.25, -0.2) is 9.67 Å². The van der Waals surface area contributed by atoms with E-state index in [2.05, 4.69) is 52.1 Å². The third-order valence-corrected chi connectivity index (χ3v) is 4.72. The van der Waals surface area contributed by atoms with Crippen LogP contribution >= 0.6 is 31.9 Å². The zero-order valence-corrected chi connectivity index (χ0v) is 16.0. The molecule has 0 N–H and O–H groups in total. The standard InChI is InChI=1S/C15H10Br2N6O2/c1-22-13-11(12(17)21-22)15(24)23(7-18-13)6-10-19-20-14(25-10)8-2-4-9(16)5-3-8/h2-5,7H,6H2,1H3. The molecular formula is C15H10Br2N6O2. The van der Waals surface area contributed by atoms with Gasteiger partial charge in [-0.3, -0.25) is 9.36 Å². The van der Waals surface area contributed by atoms with Gasteiger partial charge in [0.2, 0.25) is 11.8 Å². The lowest BCUT2D eigenvalue weighted by atomic mass is 10.2. The first-order chi connectivity index (χ1) is 12.0.